The molecule has 1 aliphatic carbocycles. The summed E-state index contributed by atoms with van der Waals surface area (Å²) in [7, 11) is 2.30. The summed E-state index contributed by atoms with van der Waals surface area (Å²) in [5.74, 6) is 0. The molecule has 1 N–H and O–H groups in total. The average molecular weight is 296 g/mol. The van der Waals surface area contributed by atoms with Gasteiger partial charge in [-0.05, 0) is 38.3 Å². The van der Waals surface area contributed by atoms with E-state index in [-0.39, 0.29) is 0 Å². The number of hydrogen-bond donors (Lipinski definition) is 1. The van der Waals surface area contributed by atoms with Gasteiger partial charge in [-0.1, -0.05) is 39.5 Å². The molecule has 0 radical (unpaired) electrons. The van der Waals surface area contributed by atoms with Crippen molar-refractivity contribution in [3.05, 3.63) is 0 Å². The van der Waals surface area contributed by atoms with Crippen molar-refractivity contribution in [3.8, 4) is 0 Å². The highest BCUT2D eigenvalue weighted by Gasteiger charge is 2.34. The molecule has 124 valence electrons. The Balaban J connectivity index is 1.97. The first-order valence-corrected chi connectivity index (χ1v) is 9.32. The maximum atomic E-state index is 3.67. The highest BCUT2D eigenvalue weighted by Crippen LogP contribution is 2.36. The first kappa shape index (κ1) is 17.2. The molecule has 0 aromatic carbocycles. The van der Waals surface area contributed by atoms with Gasteiger partial charge in [0.1, 0.15) is 0 Å². The molecule has 0 aromatic rings. The third kappa shape index (κ3) is 4.94. The van der Waals surface area contributed by atoms with Crippen molar-refractivity contribution in [3.63, 3.8) is 0 Å². The second kappa shape index (κ2) is 8.50. The zero-order valence-corrected chi connectivity index (χ0v) is 14.7. The molecule has 2 rings (SSSR count). The smallest absolute Gasteiger partial charge is 0.0218 e. The van der Waals surface area contributed by atoms with Crippen molar-refractivity contribution in [2.24, 2.45) is 5.41 Å². The second-order valence-corrected chi connectivity index (χ2v) is 7.47. The Morgan fingerprint density at radius 1 is 1.05 bits per heavy atom. The van der Waals surface area contributed by atoms with E-state index in [2.05, 4.69) is 36.0 Å². The van der Waals surface area contributed by atoms with Crippen LogP contribution in [-0.2, 0) is 0 Å². The first-order chi connectivity index (χ1) is 10.2. The van der Waals surface area contributed by atoms with Crippen LogP contribution in [0.25, 0.3) is 0 Å². The minimum Gasteiger partial charge on any atom is -0.316 e. The van der Waals surface area contributed by atoms with E-state index in [0.717, 1.165) is 12.6 Å². The van der Waals surface area contributed by atoms with Gasteiger partial charge in [-0.25, -0.2) is 0 Å². The molecule has 3 nitrogen and oxygen atoms in total. The summed E-state index contributed by atoms with van der Waals surface area (Å²) in [6.45, 7) is 12.0. The molecule has 1 heterocycles. The minimum absolute atomic E-state index is 0.542. The average Bonchev–Trinajstić information content (AvgIpc) is 2.73. The van der Waals surface area contributed by atoms with Gasteiger partial charge in [0.25, 0.3) is 0 Å². The molecule has 0 bridgehead atoms. The summed E-state index contributed by atoms with van der Waals surface area (Å²) < 4.78 is 0. The molecular formula is C18H37N3. The van der Waals surface area contributed by atoms with Crippen molar-refractivity contribution in [1.82, 2.24) is 15.1 Å². The molecule has 1 saturated heterocycles. The Morgan fingerprint density at radius 2 is 1.76 bits per heavy atom. The number of hydrogen-bond acceptors (Lipinski definition) is 3. The summed E-state index contributed by atoms with van der Waals surface area (Å²) >= 11 is 0. The quantitative estimate of drug-likeness (QED) is 0.760. The van der Waals surface area contributed by atoms with Gasteiger partial charge in [0.2, 0.25) is 0 Å². The fraction of sp³-hybridized carbons (Fsp3) is 1.00. The molecule has 1 aliphatic heterocycles. The molecule has 0 spiro atoms. The number of nitrogens with zero attached hydrogens (tertiary/aromatic N) is 2. The molecule has 1 atom stereocenters. The Bertz CT molecular complexity index is 284. The molecule has 3 heteroatoms. The molecule has 21 heavy (non-hydrogen) atoms. The predicted molar refractivity (Wildman–Crippen MR) is 91.8 cm³/mol. The standard InChI is InChI=1S/C18H37N3/c1-4-17-14-21(13-12-20(17)3)16-18(15-19-5-2)10-8-6-7-9-11-18/h17,19H,4-16H2,1-3H3. The lowest BCUT2D eigenvalue weighted by Gasteiger charge is -2.44. The fourth-order valence-electron chi connectivity index (χ4n) is 4.33. The van der Waals surface area contributed by atoms with Crippen LogP contribution in [-0.4, -0.2) is 62.2 Å². The summed E-state index contributed by atoms with van der Waals surface area (Å²) in [6, 6.07) is 0.765. The summed E-state index contributed by atoms with van der Waals surface area (Å²) in [6.07, 6.45) is 9.94. The second-order valence-electron chi connectivity index (χ2n) is 7.47. The zero-order chi connectivity index (χ0) is 15.1. The van der Waals surface area contributed by atoms with Crippen LogP contribution in [0.2, 0.25) is 0 Å². The Hall–Kier alpha value is -0.120. The van der Waals surface area contributed by atoms with Crippen LogP contribution in [0.3, 0.4) is 0 Å². The van der Waals surface area contributed by atoms with Crippen LogP contribution >= 0.6 is 0 Å². The van der Waals surface area contributed by atoms with Gasteiger partial charge < -0.3 is 10.2 Å². The van der Waals surface area contributed by atoms with Gasteiger partial charge in [0.15, 0.2) is 0 Å². The predicted octanol–water partition coefficient (Wildman–Crippen LogP) is 2.96. The van der Waals surface area contributed by atoms with E-state index >= 15 is 0 Å². The molecule has 0 amide bonds. The third-order valence-corrected chi connectivity index (χ3v) is 5.81. The van der Waals surface area contributed by atoms with Crippen molar-refractivity contribution < 1.29 is 0 Å². The van der Waals surface area contributed by atoms with Gasteiger partial charge >= 0.3 is 0 Å². The summed E-state index contributed by atoms with van der Waals surface area (Å²) in [5, 5.41) is 3.67. The lowest BCUT2D eigenvalue weighted by atomic mass is 9.79. The number of nitrogens with one attached hydrogen (secondary N) is 1. The lowest BCUT2D eigenvalue weighted by molar-refractivity contribution is 0.0498. The van der Waals surface area contributed by atoms with Gasteiger partial charge in [-0.2, -0.15) is 0 Å². The van der Waals surface area contributed by atoms with Gasteiger partial charge in [-0.15, -0.1) is 0 Å². The SMILES string of the molecule is CCNCC1(CN2CCN(C)C(CC)C2)CCCCCC1. The number of rotatable bonds is 6. The highest BCUT2D eigenvalue weighted by atomic mass is 15.3. The van der Waals surface area contributed by atoms with E-state index in [9.17, 15) is 0 Å². The van der Waals surface area contributed by atoms with Crippen LogP contribution in [0.1, 0.15) is 58.8 Å². The maximum absolute atomic E-state index is 3.67. The number of likely N-dealkylation sites (N-methyl/N-ethyl adjacent to an activating group) is 1. The zero-order valence-electron chi connectivity index (χ0n) is 14.7. The van der Waals surface area contributed by atoms with E-state index in [1.54, 1.807) is 0 Å². The van der Waals surface area contributed by atoms with Crippen LogP contribution < -0.4 is 5.32 Å². The highest BCUT2D eigenvalue weighted by molar-refractivity contribution is 4.89. The first-order valence-electron chi connectivity index (χ1n) is 9.32. The van der Waals surface area contributed by atoms with Gasteiger partial charge in [0.05, 0.1) is 0 Å². The summed E-state index contributed by atoms with van der Waals surface area (Å²) in [5.41, 5.74) is 0.542. The van der Waals surface area contributed by atoms with E-state index in [1.807, 2.05) is 0 Å². The molecule has 1 unspecified atom stereocenters. The summed E-state index contributed by atoms with van der Waals surface area (Å²) in [4.78, 5) is 5.33. The van der Waals surface area contributed by atoms with Gasteiger partial charge in [-0.3, -0.25) is 4.90 Å². The van der Waals surface area contributed by atoms with E-state index < -0.39 is 0 Å². The van der Waals surface area contributed by atoms with Crippen molar-refractivity contribution in [2.45, 2.75) is 64.8 Å². The third-order valence-electron chi connectivity index (χ3n) is 5.81. The van der Waals surface area contributed by atoms with Crippen molar-refractivity contribution in [2.75, 3.05) is 46.3 Å². The van der Waals surface area contributed by atoms with Crippen LogP contribution in [0.5, 0.6) is 0 Å². The fourth-order valence-corrected chi connectivity index (χ4v) is 4.33. The van der Waals surface area contributed by atoms with Crippen LogP contribution in [0, 0.1) is 5.41 Å². The molecular weight excluding hydrogens is 258 g/mol. The van der Waals surface area contributed by atoms with Crippen LogP contribution in [0.4, 0.5) is 0 Å². The Labute approximate surface area is 132 Å². The van der Waals surface area contributed by atoms with E-state index in [0.29, 0.717) is 5.41 Å². The van der Waals surface area contributed by atoms with Gasteiger partial charge in [0, 0.05) is 38.8 Å². The van der Waals surface area contributed by atoms with Crippen molar-refractivity contribution >= 4 is 0 Å². The molecule has 1 saturated carbocycles. The lowest BCUT2D eigenvalue weighted by Crippen LogP contribution is -2.54. The normalized spacial score (nSPS) is 28.4. The Morgan fingerprint density at radius 3 is 2.38 bits per heavy atom. The van der Waals surface area contributed by atoms with E-state index in [4.69, 9.17) is 0 Å². The molecule has 0 aromatic heterocycles. The largest absolute Gasteiger partial charge is 0.316 e. The number of piperazine rings is 1. The molecule has 2 aliphatic rings. The Kier molecular flexibility index (Phi) is 6.97. The van der Waals surface area contributed by atoms with E-state index in [1.165, 1.54) is 77.7 Å². The minimum atomic E-state index is 0.542. The monoisotopic (exact) mass is 295 g/mol. The molecule has 2 fully saturated rings. The van der Waals surface area contributed by atoms with Crippen molar-refractivity contribution in [1.29, 1.82) is 0 Å². The van der Waals surface area contributed by atoms with Crippen LogP contribution in [0.15, 0.2) is 0 Å². The maximum Gasteiger partial charge on any atom is 0.0218 e. The topological polar surface area (TPSA) is 18.5 Å².